The first kappa shape index (κ1) is 16.4. The molecular weight excluding hydrogens is 302 g/mol. The lowest BCUT2D eigenvalue weighted by Gasteiger charge is -2.21. The second-order valence-corrected chi connectivity index (χ2v) is 7.21. The molecule has 0 bridgehead atoms. The Bertz CT molecular complexity index is 826. The van der Waals surface area contributed by atoms with Crippen molar-refractivity contribution in [2.75, 3.05) is 0 Å². The van der Waals surface area contributed by atoms with E-state index in [0.29, 0.717) is 28.2 Å². The van der Waals surface area contributed by atoms with Gasteiger partial charge in [-0.3, -0.25) is 4.79 Å². The first-order chi connectivity index (χ1) is 11.4. The first-order valence-electron chi connectivity index (χ1n) is 8.37. The van der Waals surface area contributed by atoms with Gasteiger partial charge < -0.3 is 9.77 Å². The molecule has 0 radical (unpaired) electrons. The van der Waals surface area contributed by atoms with E-state index in [1.54, 1.807) is 12.1 Å². The lowest BCUT2D eigenvalue weighted by Crippen LogP contribution is -2.25. The number of hydrogen-bond acceptors (Lipinski definition) is 4. The minimum absolute atomic E-state index is 0.0490. The van der Waals surface area contributed by atoms with Crippen LogP contribution < -0.4 is 0 Å². The van der Waals surface area contributed by atoms with E-state index in [1.165, 1.54) is 0 Å². The van der Waals surface area contributed by atoms with Crippen LogP contribution in [0.2, 0.25) is 0 Å². The molecule has 0 fully saturated rings. The van der Waals surface area contributed by atoms with Crippen LogP contribution in [0.15, 0.2) is 29.4 Å². The van der Waals surface area contributed by atoms with Crippen LogP contribution in [0.5, 0.6) is 0 Å². The highest BCUT2D eigenvalue weighted by atomic mass is 16.4. The first-order valence-corrected chi connectivity index (χ1v) is 8.37. The average molecular weight is 325 g/mol. The number of benzene rings is 1. The molecule has 1 aliphatic carbocycles. The average Bonchev–Trinajstić information content (AvgIpc) is 2.93. The Balaban J connectivity index is 2.29. The third-order valence-electron chi connectivity index (χ3n) is 4.34. The van der Waals surface area contributed by atoms with Crippen molar-refractivity contribution in [3.63, 3.8) is 0 Å². The van der Waals surface area contributed by atoms with Gasteiger partial charge in [-0.25, -0.2) is 4.98 Å². The maximum absolute atomic E-state index is 13.1. The molecule has 126 valence electrons. The molecule has 1 aliphatic rings. The number of ketones is 1. The highest BCUT2D eigenvalue weighted by molar-refractivity contribution is 6.28. The van der Waals surface area contributed by atoms with Crippen molar-refractivity contribution in [3.05, 3.63) is 52.6 Å². The van der Waals surface area contributed by atoms with Crippen LogP contribution in [-0.2, 0) is 12.0 Å². The molecule has 3 rings (SSSR count). The summed E-state index contributed by atoms with van der Waals surface area (Å²) < 4.78 is 2.02. The predicted octanol–water partition coefficient (Wildman–Crippen LogP) is 3.75. The van der Waals surface area contributed by atoms with Crippen molar-refractivity contribution in [2.45, 2.75) is 52.5 Å². The zero-order chi connectivity index (χ0) is 17.5. The lowest BCUT2D eigenvalue weighted by molar-refractivity contribution is 0.102. The molecule has 1 heterocycles. The molecule has 5 nitrogen and oxygen atoms in total. The summed E-state index contributed by atoms with van der Waals surface area (Å²) in [5.41, 5.74) is 2.40. The van der Waals surface area contributed by atoms with Crippen LogP contribution in [0.3, 0.4) is 0 Å². The molecule has 1 aromatic heterocycles. The number of unbranched alkanes of at least 4 members (excludes halogenated alkanes) is 1. The number of oxime groups is 1. The quantitative estimate of drug-likeness (QED) is 0.589. The van der Waals surface area contributed by atoms with Gasteiger partial charge in [-0.1, -0.05) is 63.5 Å². The van der Waals surface area contributed by atoms with Crippen molar-refractivity contribution in [1.82, 2.24) is 9.55 Å². The number of hydrogen-bond donors (Lipinski definition) is 1. The highest BCUT2D eigenvalue weighted by Crippen LogP contribution is 2.32. The summed E-state index contributed by atoms with van der Waals surface area (Å²) in [6.45, 7) is 9.10. The van der Waals surface area contributed by atoms with Crippen LogP contribution in [0.1, 0.15) is 73.7 Å². The number of rotatable bonds is 3. The fourth-order valence-electron chi connectivity index (χ4n) is 3.20. The number of carbonyl (C=O) groups is 1. The van der Waals surface area contributed by atoms with Gasteiger partial charge in [0.1, 0.15) is 22.9 Å². The summed E-state index contributed by atoms with van der Waals surface area (Å²) in [5.74, 6) is 0.801. The van der Waals surface area contributed by atoms with Crippen molar-refractivity contribution in [2.24, 2.45) is 5.16 Å². The van der Waals surface area contributed by atoms with Gasteiger partial charge in [-0.15, -0.1) is 0 Å². The Morgan fingerprint density at radius 1 is 1.21 bits per heavy atom. The van der Waals surface area contributed by atoms with Crippen LogP contribution in [0.25, 0.3) is 0 Å². The molecule has 0 saturated carbocycles. The molecule has 0 atom stereocenters. The zero-order valence-corrected chi connectivity index (χ0v) is 14.6. The van der Waals surface area contributed by atoms with Gasteiger partial charge in [0.05, 0.1) is 0 Å². The molecule has 0 amide bonds. The SMILES string of the molecule is CCCCn1c(C(C)(C)C)nc2c1C(=O)c1ccccc1/C2=N\O. The number of imidazole rings is 1. The standard InChI is InChI=1S/C19H23N3O2/c1-5-6-11-22-16-15(20-18(22)19(2,3)4)14(21-24)12-9-7-8-10-13(12)17(16)23/h7-10,24H,5-6,11H2,1-4H3/b21-14+. The molecular formula is C19H23N3O2. The normalized spacial score (nSPS) is 15.5. The van der Waals surface area contributed by atoms with Crippen molar-refractivity contribution < 1.29 is 10.0 Å². The molecule has 0 aliphatic heterocycles. The molecule has 24 heavy (non-hydrogen) atoms. The minimum Gasteiger partial charge on any atom is -0.410 e. The highest BCUT2D eigenvalue weighted by Gasteiger charge is 2.36. The minimum atomic E-state index is -0.210. The summed E-state index contributed by atoms with van der Waals surface area (Å²) in [6.07, 6.45) is 1.99. The van der Waals surface area contributed by atoms with Crippen LogP contribution in [0, 0.1) is 0 Å². The molecule has 0 saturated heterocycles. The Morgan fingerprint density at radius 2 is 1.88 bits per heavy atom. The second kappa shape index (κ2) is 5.89. The van der Waals surface area contributed by atoms with Gasteiger partial charge in [-0.2, -0.15) is 0 Å². The van der Waals surface area contributed by atoms with E-state index in [-0.39, 0.29) is 11.2 Å². The summed E-state index contributed by atoms with van der Waals surface area (Å²) in [5, 5.41) is 13.0. The van der Waals surface area contributed by atoms with Gasteiger partial charge in [0.25, 0.3) is 0 Å². The topological polar surface area (TPSA) is 67.5 Å². The number of aromatic nitrogens is 2. The molecule has 1 N–H and O–H groups in total. The Kier molecular flexibility index (Phi) is 4.03. The zero-order valence-electron chi connectivity index (χ0n) is 14.6. The summed E-state index contributed by atoms with van der Waals surface area (Å²) in [4.78, 5) is 17.8. The van der Waals surface area contributed by atoms with E-state index in [1.807, 2.05) is 16.7 Å². The van der Waals surface area contributed by atoms with Gasteiger partial charge in [-0.05, 0) is 6.42 Å². The number of carbonyl (C=O) groups excluding carboxylic acids is 1. The van der Waals surface area contributed by atoms with E-state index in [9.17, 15) is 10.0 Å². The number of nitrogens with zero attached hydrogens (tertiary/aromatic N) is 3. The maximum atomic E-state index is 13.1. The van der Waals surface area contributed by atoms with Gasteiger partial charge >= 0.3 is 0 Å². The lowest BCUT2D eigenvalue weighted by atomic mass is 9.89. The van der Waals surface area contributed by atoms with Gasteiger partial charge in [0, 0.05) is 23.1 Å². The fourth-order valence-corrected chi connectivity index (χ4v) is 3.20. The second-order valence-electron chi connectivity index (χ2n) is 7.21. The van der Waals surface area contributed by atoms with Crippen molar-refractivity contribution in [1.29, 1.82) is 0 Å². The summed E-state index contributed by atoms with van der Waals surface area (Å²) >= 11 is 0. The van der Waals surface area contributed by atoms with Gasteiger partial charge in [0.2, 0.25) is 5.78 Å². The monoisotopic (exact) mass is 325 g/mol. The number of fused-ring (bicyclic) bond motifs is 2. The van der Waals surface area contributed by atoms with E-state index < -0.39 is 0 Å². The third-order valence-corrected chi connectivity index (χ3v) is 4.34. The molecule has 5 heteroatoms. The summed E-state index contributed by atoms with van der Waals surface area (Å²) in [6, 6.07) is 7.24. The molecule has 2 aromatic rings. The molecule has 0 spiro atoms. The Labute approximate surface area is 142 Å². The van der Waals surface area contributed by atoms with Crippen LogP contribution >= 0.6 is 0 Å². The Morgan fingerprint density at radius 3 is 2.46 bits per heavy atom. The molecule has 0 unspecified atom stereocenters. The largest absolute Gasteiger partial charge is 0.410 e. The van der Waals surface area contributed by atoms with Crippen LogP contribution in [-0.4, -0.2) is 26.3 Å². The van der Waals surface area contributed by atoms with E-state index in [0.717, 1.165) is 25.2 Å². The smallest absolute Gasteiger partial charge is 0.212 e. The van der Waals surface area contributed by atoms with E-state index in [2.05, 4.69) is 32.9 Å². The third kappa shape index (κ3) is 2.44. The predicted molar refractivity (Wildman–Crippen MR) is 93.1 cm³/mol. The maximum Gasteiger partial charge on any atom is 0.212 e. The Hall–Kier alpha value is -2.43. The van der Waals surface area contributed by atoms with Gasteiger partial charge in [0.15, 0.2) is 0 Å². The van der Waals surface area contributed by atoms with Crippen molar-refractivity contribution >= 4 is 11.5 Å². The fraction of sp³-hybridized carbons (Fsp3) is 0.421. The van der Waals surface area contributed by atoms with E-state index in [4.69, 9.17) is 4.98 Å². The van der Waals surface area contributed by atoms with Crippen LogP contribution in [0.4, 0.5) is 0 Å². The van der Waals surface area contributed by atoms with E-state index >= 15 is 0 Å². The molecule has 1 aromatic carbocycles. The summed E-state index contributed by atoms with van der Waals surface area (Å²) in [7, 11) is 0. The van der Waals surface area contributed by atoms with Crippen molar-refractivity contribution in [3.8, 4) is 0 Å².